The molecule has 9 heteroatoms. The summed E-state index contributed by atoms with van der Waals surface area (Å²) >= 11 is 0. The van der Waals surface area contributed by atoms with Crippen molar-refractivity contribution >= 4 is 10.8 Å². The summed E-state index contributed by atoms with van der Waals surface area (Å²) in [4.78, 5) is 0. The molecule has 0 radical (unpaired) electrons. The first-order chi connectivity index (χ1) is 18.5. The topological polar surface area (TPSA) is 9.23 Å². The van der Waals surface area contributed by atoms with Crippen LogP contribution in [0.1, 0.15) is 44.6 Å². The van der Waals surface area contributed by atoms with E-state index in [0.29, 0.717) is 17.5 Å². The average molecular weight is 553 g/mol. The van der Waals surface area contributed by atoms with Gasteiger partial charge in [-0.1, -0.05) is 62.9 Å². The molecule has 4 aromatic carbocycles. The zero-order valence-corrected chi connectivity index (χ0v) is 20.9. The Morgan fingerprint density at radius 2 is 1.28 bits per heavy atom. The predicted molar refractivity (Wildman–Crippen MR) is 134 cm³/mol. The third kappa shape index (κ3) is 6.52. The van der Waals surface area contributed by atoms with Gasteiger partial charge in [0.15, 0.2) is 11.6 Å². The standard InChI is InChI=1S/C30H24F8O/c1-2-3-4-5-6-7-17-8-10-21-18(12-17)9-11-22(28(21)35)19-13-23(31)27(24(32)14-19)20-15-25(33)29(26(34)16-20)39-30(36,37)38/h8-16H,2-7H2,1H3. The van der Waals surface area contributed by atoms with Crippen molar-refractivity contribution in [2.75, 3.05) is 0 Å². The molecule has 0 heterocycles. The van der Waals surface area contributed by atoms with Crippen molar-refractivity contribution in [3.8, 4) is 28.0 Å². The van der Waals surface area contributed by atoms with Crippen LogP contribution in [-0.4, -0.2) is 6.36 Å². The third-order valence-electron chi connectivity index (χ3n) is 6.45. The molecule has 0 saturated carbocycles. The number of hydrogen-bond donors (Lipinski definition) is 0. The number of hydrogen-bond acceptors (Lipinski definition) is 1. The highest BCUT2D eigenvalue weighted by Crippen LogP contribution is 2.37. The predicted octanol–water partition coefficient (Wildman–Crippen LogP) is 10.3. The molecule has 0 N–H and O–H groups in total. The van der Waals surface area contributed by atoms with E-state index in [2.05, 4.69) is 11.7 Å². The smallest absolute Gasteiger partial charge is 0.399 e. The molecule has 206 valence electrons. The molecular weight excluding hydrogens is 528 g/mol. The van der Waals surface area contributed by atoms with Gasteiger partial charge in [0, 0.05) is 10.9 Å². The lowest BCUT2D eigenvalue weighted by Gasteiger charge is -2.14. The molecule has 4 rings (SSSR count). The van der Waals surface area contributed by atoms with Crippen molar-refractivity contribution in [3.63, 3.8) is 0 Å². The quantitative estimate of drug-likeness (QED) is 0.148. The normalized spacial score (nSPS) is 11.8. The Hall–Kier alpha value is -3.62. The number of aryl methyl sites for hydroxylation is 1. The summed E-state index contributed by atoms with van der Waals surface area (Å²) < 4.78 is 114. The summed E-state index contributed by atoms with van der Waals surface area (Å²) in [7, 11) is 0. The Morgan fingerprint density at radius 1 is 0.667 bits per heavy atom. The highest BCUT2D eigenvalue weighted by Gasteiger charge is 2.34. The van der Waals surface area contributed by atoms with Crippen LogP contribution in [0, 0.1) is 29.1 Å². The SMILES string of the molecule is CCCCCCCc1ccc2c(F)c(-c3cc(F)c(-c4cc(F)c(OC(F)(F)F)c(F)c4)c(F)c3)ccc2c1. The highest BCUT2D eigenvalue weighted by atomic mass is 19.4. The van der Waals surface area contributed by atoms with E-state index in [9.17, 15) is 30.7 Å². The van der Waals surface area contributed by atoms with Gasteiger partial charge in [0.2, 0.25) is 5.75 Å². The fraction of sp³-hybridized carbons (Fsp3) is 0.267. The highest BCUT2D eigenvalue weighted by molar-refractivity contribution is 5.89. The van der Waals surface area contributed by atoms with Gasteiger partial charge in [-0.2, -0.15) is 0 Å². The molecule has 0 aliphatic carbocycles. The van der Waals surface area contributed by atoms with Gasteiger partial charge in [0.05, 0.1) is 5.56 Å². The summed E-state index contributed by atoms with van der Waals surface area (Å²) in [6.07, 6.45) is 1.10. The fourth-order valence-electron chi connectivity index (χ4n) is 4.57. The Bertz CT molecular complexity index is 1450. The van der Waals surface area contributed by atoms with Gasteiger partial charge >= 0.3 is 6.36 Å². The summed E-state index contributed by atoms with van der Waals surface area (Å²) in [5.74, 6) is -8.62. The second-order valence-electron chi connectivity index (χ2n) is 9.28. The monoisotopic (exact) mass is 552 g/mol. The Morgan fingerprint density at radius 3 is 1.90 bits per heavy atom. The molecule has 4 aromatic rings. The minimum Gasteiger partial charge on any atom is -0.399 e. The van der Waals surface area contributed by atoms with Crippen LogP contribution in [0.4, 0.5) is 35.1 Å². The van der Waals surface area contributed by atoms with Crippen molar-refractivity contribution in [3.05, 3.63) is 89.2 Å². The molecule has 0 aliphatic rings. The van der Waals surface area contributed by atoms with E-state index < -0.39 is 52.3 Å². The van der Waals surface area contributed by atoms with E-state index in [1.54, 1.807) is 12.1 Å². The van der Waals surface area contributed by atoms with Gasteiger partial charge in [-0.25, -0.2) is 22.0 Å². The third-order valence-corrected chi connectivity index (χ3v) is 6.45. The van der Waals surface area contributed by atoms with Crippen LogP contribution in [0.5, 0.6) is 5.75 Å². The zero-order valence-electron chi connectivity index (χ0n) is 20.9. The molecule has 0 atom stereocenters. The summed E-state index contributed by atoms with van der Waals surface area (Å²) in [6.45, 7) is 2.14. The van der Waals surface area contributed by atoms with Gasteiger partial charge in [0.25, 0.3) is 0 Å². The largest absolute Gasteiger partial charge is 0.573 e. The maximum Gasteiger partial charge on any atom is 0.573 e. The molecule has 0 fully saturated rings. The molecule has 39 heavy (non-hydrogen) atoms. The van der Waals surface area contributed by atoms with E-state index in [-0.39, 0.29) is 16.5 Å². The van der Waals surface area contributed by atoms with E-state index in [4.69, 9.17) is 0 Å². The number of rotatable bonds is 9. The van der Waals surface area contributed by atoms with E-state index in [1.807, 2.05) is 12.1 Å². The lowest BCUT2D eigenvalue weighted by molar-refractivity contribution is -0.276. The molecule has 0 bridgehead atoms. The second-order valence-corrected chi connectivity index (χ2v) is 9.28. The van der Waals surface area contributed by atoms with Crippen molar-refractivity contribution in [2.45, 2.75) is 51.8 Å². The van der Waals surface area contributed by atoms with Crippen LogP contribution in [0.3, 0.4) is 0 Å². The van der Waals surface area contributed by atoms with Crippen LogP contribution in [-0.2, 0) is 6.42 Å². The van der Waals surface area contributed by atoms with E-state index in [0.717, 1.165) is 49.8 Å². The molecule has 0 saturated heterocycles. The molecule has 0 aromatic heterocycles. The first kappa shape index (κ1) is 28.4. The van der Waals surface area contributed by atoms with Crippen molar-refractivity contribution in [1.82, 2.24) is 0 Å². The van der Waals surface area contributed by atoms with E-state index in [1.165, 1.54) is 12.5 Å². The van der Waals surface area contributed by atoms with Gasteiger partial charge in [-0.15, -0.1) is 13.2 Å². The minimum atomic E-state index is -5.37. The molecular formula is C30H24F8O. The first-order valence-electron chi connectivity index (χ1n) is 12.4. The summed E-state index contributed by atoms with van der Waals surface area (Å²) in [5, 5.41) is 0.892. The maximum absolute atomic E-state index is 15.4. The number of alkyl halides is 3. The van der Waals surface area contributed by atoms with Crippen LogP contribution in [0.25, 0.3) is 33.0 Å². The van der Waals surface area contributed by atoms with Gasteiger partial charge in [0.1, 0.15) is 17.5 Å². The Labute approximate surface area is 220 Å². The maximum atomic E-state index is 15.4. The fourth-order valence-corrected chi connectivity index (χ4v) is 4.57. The van der Waals surface area contributed by atoms with E-state index >= 15 is 4.39 Å². The van der Waals surface area contributed by atoms with Gasteiger partial charge in [-0.05, 0) is 59.2 Å². The Balaban J connectivity index is 1.64. The number of benzene rings is 4. The van der Waals surface area contributed by atoms with Crippen molar-refractivity contribution < 1.29 is 39.9 Å². The molecule has 0 spiro atoms. The summed E-state index contributed by atoms with van der Waals surface area (Å²) in [6, 6.07) is 10.6. The van der Waals surface area contributed by atoms with Crippen molar-refractivity contribution in [1.29, 1.82) is 0 Å². The zero-order chi connectivity index (χ0) is 28.3. The van der Waals surface area contributed by atoms with Gasteiger partial charge in [-0.3, -0.25) is 0 Å². The second kappa shape index (κ2) is 11.6. The van der Waals surface area contributed by atoms with Gasteiger partial charge < -0.3 is 4.74 Å². The summed E-state index contributed by atoms with van der Waals surface area (Å²) in [5.41, 5.74) is -0.780. The molecule has 0 aliphatic heterocycles. The van der Waals surface area contributed by atoms with Crippen LogP contribution in [0.15, 0.2) is 54.6 Å². The number of halogens is 8. The van der Waals surface area contributed by atoms with Crippen LogP contribution >= 0.6 is 0 Å². The number of fused-ring (bicyclic) bond motifs is 1. The van der Waals surface area contributed by atoms with Crippen molar-refractivity contribution in [2.24, 2.45) is 0 Å². The lowest BCUT2D eigenvalue weighted by Crippen LogP contribution is -2.19. The van der Waals surface area contributed by atoms with Crippen LogP contribution in [0.2, 0.25) is 0 Å². The van der Waals surface area contributed by atoms with Crippen LogP contribution < -0.4 is 4.74 Å². The Kier molecular flexibility index (Phi) is 8.47. The molecule has 0 unspecified atom stereocenters. The number of unbranched alkanes of at least 4 members (excludes halogenated alkanes) is 4. The number of ether oxygens (including phenoxy) is 1. The molecule has 0 amide bonds. The molecule has 1 nitrogen and oxygen atoms in total. The first-order valence-corrected chi connectivity index (χ1v) is 12.4. The average Bonchev–Trinajstić information content (AvgIpc) is 2.85. The lowest BCUT2D eigenvalue weighted by atomic mass is 9.95. The minimum absolute atomic E-state index is 0.0922.